The van der Waals surface area contributed by atoms with E-state index < -0.39 is 48.1 Å². The second-order valence-electron chi connectivity index (χ2n) is 7.93. The fourth-order valence-corrected chi connectivity index (χ4v) is 2.76. The molecule has 1 aliphatic heterocycles. The van der Waals surface area contributed by atoms with Gasteiger partial charge in [0.2, 0.25) is 0 Å². The first kappa shape index (κ1) is 24.6. The van der Waals surface area contributed by atoms with E-state index in [1.807, 2.05) is 6.92 Å². The lowest BCUT2D eigenvalue weighted by Crippen LogP contribution is -2.62. The Hall–Kier alpha value is -1.48. The fraction of sp³-hybridized carbons (Fsp3) is 0.800. The summed E-state index contributed by atoms with van der Waals surface area (Å²) in [5, 5.41) is 0. The van der Waals surface area contributed by atoms with Crippen molar-refractivity contribution in [1.82, 2.24) is 0 Å². The van der Waals surface area contributed by atoms with Crippen LogP contribution in [0.3, 0.4) is 0 Å². The van der Waals surface area contributed by atoms with Crippen LogP contribution in [0.25, 0.3) is 0 Å². The van der Waals surface area contributed by atoms with Gasteiger partial charge in [0.1, 0.15) is 12.2 Å². The molecule has 0 spiro atoms. The molecule has 0 amide bonds. The third kappa shape index (κ3) is 6.55. The normalized spacial score (nSPS) is 29.0. The molecule has 1 fully saturated rings. The number of rotatable bonds is 9. The summed E-state index contributed by atoms with van der Waals surface area (Å²) in [7, 11) is 4.42. The number of ether oxygens (including phenoxy) is 6. The summed E-state index contributed by atoms with van der Waals surface area (Å²) < 4.78 is 33.3. The summed E-state index contributed by atoms with van der Waals surface area (Å²) in [4.78, 5) is 25.0. The van der Waals surface area contributed by atoms with Crippen LogP contribution in [-0.2, 0) is 38.0 Å². The molecule has 162 valence electrons. The first-order valence-corrected chi connectivity index (χ1v) is 9.32. The van der Waals surface area contributed by atoms with Gasteiger partial charge in [0.05, 0.1) is 18.4 Å². The van der Waals surface area contributed by atoms with Crippen molar-refractivity contribution in [3.8, 4) is 0 Å². The minimum absolute atomic E-state index is 0.0584. The predicted molar refractivity (Wildman–Crippen MR) is 102 cm³/mol. The highest BCUT2D eigenvalue weighted by Crippen LogP contribution is 2.31. The van der Waals surface area contributed by atoms with Crippen LogP contribution in [0.4, 0.5) is 0 Å². The van der Waals surface area contributed by atoms with E-state index in [1.165, 1.54) is 21.3 Å². The maximum Gasteiger partial charge on any atom is 0.311 e. The van der Waals surface area contributed by atoms with Gasteiger partial charge in [0.15, 0.2) is 18.5 Å². The molecule has 0 aromatic carbocycles. The van der Waals surface area contributed by atoms with Gasteiger partial charge in [-0.3, -0.25) is 9.59 Å². The summed E-state index contributed by atoms with van der Waals surface area (Å²) in [6, 6.07) is 0. The Kier molecular flexibility index (Phi) is 9.56. The number of hydrogen-bond donors (Lipinski definition) is 0. The highest BCUT2D eigenvalue weighted by Gasteiger charge is 2.51. The molecule has 0 unspecified atom stereocenters. The topological polar surface area (TPSA) is 89.5 Å². The molecule has 0 N–H and O–H groups in total. The van der Waals surface area contributed by atoms with Crippen molar-refractivity contribution in [3.63, 3.8) is 0 Å². The summed E-state index contributed by atoms with van der Waals surface area (Å²) in [5.41, 5.74) is -0.754. The van der Waals surface area contributed by atoms with Crippen LogP contribution in [0.5, 0.6) is 0 Å². The van der Waals surface area contributed by atoms with Crippen LogP contribution in [0.2, 0.25) is 0 Å². The molecule has 28 heavy (non-hydrogen) atoms. The molecule has 0 aliphatic carbocycles. The molecule has 0 aromatic heterocycles. The third-order valence-corrected chi connectivity index (χ3v) is 4.44. The van der Waals surface area contributed by atoms with Crippen molar-refractivity contribution in [2.45, 2.75) is 64.8 Å². The largest absolute Gasteiger partial charge is 0.455 e. The number of esters is 2. The molecule has 8 heteroatoms. The highest BCUT2D eigenvalue weighted by atomic mass is 16.7. The number of methoxy groups -OCH3 is 3. The van der Waals surface area contributed by atoms with Crippen LogP contribution < -0.4 is 0 Å². The second kappa shape index (κ2) is 10.9. The average molecular weight is 402 g/mol. The Labute approximate surface area is 167 Å². The van der Waals surface area contributed by atoms with Gasteiger partial charge < -0.3 is 28.4 Å². The molecule has 0 radical (unpaired) electrons. The SMILES string of the molecule is C=C[C@@H](C)CC(=O)O[C@@H]1[C@H](OC(=O)C(C)(C)C)[C@@H](OC)O[C@H](COC)[C@H]1OC. The zero-order valence-electron chi connectivity index (χ0n) is 17.9. The summed E-state index contributed by atoms with van der Waals surface area (Å²) in [5.74, 6) is -0.982. The summed E-state index contributed by atoms with van der Waals surface area (Å²) in [6.45, 7) is 10.9. The lowest BCUT2D eigenvalue weighted by atomic mass is 9.95. The van der Waals surface area contributed by atoms with Gasteiger partial charge in [-0.15, -0.1) is 6.58 Å². The molecule has 8 nitrogen and oxygen atoms in total. The lowest BCUT2D eigenvalue weighted by Gasteiger charge is -2.44. The molecule has 0 aromatic rings. The first-order valence-electron chi connectivity index (χ1n) is 9.32. The molecular weight excluding hydrogens is 368 g/mol. The van der Waals surface area contributed by atoms with Crippen molar-refractivity contribution >= 4 is 11.9 Å². The van der Waals surface area contributed by atoms with E-state index >= 15 is 0 Å². The van der Waals surface area contributed by atoms with E-state index in [2.05, 4.69) is 6.58 Å². The Morgan fingerprint density at radius 3 is 2.18 bits per heavy atom. The molecule has 6 atom stereocenters. The van der Waals surface area contributed by atoms with Gasteiger partial charge in [-0.25, -0.2) is 0 Å². The minimum Gasteiger partial charge on any atom is -0.455 e. The van der Waals surface area contributed by atoms with Crippen LogP contribution in [0.1, 0.15) is 34.1 Å². The van der Waals surface area contributed by atoms with E-state index in [-0.39, 0.29) is 18.9 Å². The molecule has 0 saturated carbocycles. The fourth-order valence-electron chi connectivity index (χ4n) is 2.76. The van der Waals surface area contributed by atoms with Gasteiger partial charge in [0, 0.05) is 21.3 Å². The Morgan fingerprint density at radius 1 is 1.07 bits per heavy atom. The quantitative estimate of drug-likeness (QED) is 0.428. The van der Waals surface area contributed by atoms with Crippen molar-refractivity contribution in [2.75, 3.05) is 27.9 Å². The number of carbonyl (C=O) groups is 2. The van der Waals surface area contributed by atoms with Crippen LogP contribution >= 0.6 is 0 Å². The van der Waals surface area contributed by atoms with E-state index in [9.17, 15) is 9.59 Å². The number of hydrogen-bond acceptors (Lipinski definition) is 8. The van der Waals surface area contributed by atoms with Crippen molar-refractivity contribution in [1.29, 1.82) is 0 Å². The maximum absolute atomic E-state index is 12.5. The minimum atomic E-state index is -0.988. The number of carbonyl (C=O) groups excluding carboxylic acids is 2. The van der Waals surface area contributed by atoms with E-state index in [0.29, 0.717) is 0 Å². The van der Waals surface area contributed by atoms with Crippen LogP contribution in [-0.4, -0.2) is 70.6 Å². The smallest absolute Gasteiger partial charge is 0.311 e. The monoisotopic (exact) mass is 402 g/mol. The van der Waals surface area contributed by atoms with Crippen molar-refractivity contribution < 1.29 is 38.0 Å². The maximum atomic E-state index is 12.5. The van der Waals surface area contributed by atoms with E-state index in [0.717, 1.165) is 0 Å². The van der Waals surface area contributed by atoms with Gasteiger partial charge in [-0.05, 0) is 26.7 Å². The zero-order valence-corrected chi connectivity index (χ0v) is 17.9. The molecule has 1 rings (SSSR count). The van der Waals surface area contributed by atoms with Crippen molar-refractivity contribution in [2.24, 2.45) is 11.3 Å². The summed E-state index contributed by atoms with van der Waals surface area (Å²) >= 11 is 0. The van der Waals surface area contributed by atoms with E-state index in [4.69, 9.17) is 28.4 Å². The molecule has 1 heterocycles. The Bertz CT molecular complexity index is 527. The Balaban J connectivity index is 3.17. The molecular formula is C20H34O8. The van der Waals surface area contributed by atoms with Gasteiger partial charge in [-0.1, -0.05) is 13.0 Å². The lowest BCUT2D eigenvalue weighted by molar-refractivity contribution is -0.306. The van der Waals surface area contributed by atoms with E-state index in [1.54, 1.807) is 26.8 Å². The number of allylic oxidation sites excluding steroid dienone is 1. The van der Waals surface area contributed by atoms with Crippen molar-refractivity contribution in [3.05, 3.63) is 12.7 Å². The van der Waals surface area contributed by atoms with Gasteiger partial charge in [0.25, 0.3) is 0 Å². The zero-order chi connectivity index (χ0) is 21.5. The third-order valence-electron chi connectivity index (χ3n) is 4.44. The van der Waals surface area contributed by atoms with Crippen LogP contribution in [0, 0.1) is 11.3 Å². The highest BCUT2D eigenvalue weighted by molar-refractivity contribution is 5.75. The second-order valence-corrected chi connectivity index (χ2v) is 7.93. The average Bonchev–Trinajstić information content (AvgIpc) is 2.62. The van der Waals surface area contributed by atoms with Gasteiger partial charge in [-0.2, -0.15) is 0 Å². The molecule has 1 saturated heterocycles. The Morgan fingerprint density at radius 2 is 1.71 bits per heavy atom. The standard InChI is InChI=1S/C20H34O8/c1-9-12(2)10-14(21)27-16-15(24-7)13(11-23-6)26-18(25-8)17(16)28-19(22)20(3,4)5/h9,12-13,15-18H,1,10-11H2,2-8H3/t12-,13-,15-,16+,17+,18+/m1/s1. The van der Waals surface area contributed by atoms with Gasteiger partial charge >= 0.3 is 11.9 Å². The summed E-state index contributed by atoms with van der Waals surface area (Å²) in [6.07, 6.45) is -2.30. The predicted octanol–water partition coefficient (Wildman–Crippen LogP) is 2.10. The molecule has 1 aliphatic rings. The first-order chi connectivity index (χ1) is 13.1. The molecule has 0 bridgehead atoms. The van der Waals surface area contributed by atoms with Crippen LogP contribution in [0.15, 0.2) is 12.7 Å².